The number of benzene rings is 1. The lowest BCUT2D eigenvalue weighted by atomic mass is 9.92. The summed E-state index contributed by atoms with van der Waals surface area (Å²) in [5.74, 6) is 0.847. The molecule has 1 N–H and O–H groups in total. The molecule has 1 saturated heterocycles. The highest BCUT2D eigenvalue weighted by Crippen LogP contribution is 2.31. The monoisotopic (exact) mass is 398 g/mol. The molecule has 0 radical (unpaired) electrons. The van der Waals surface area contributed by atoms with E-state index in [1.807, 2.05) is 42.2 Å². The third-order valence-corrected chi connectivity index (χ3v) is 5.59. The predicted molar refractivity (Wildman–Crippen MR) is 114 cm³/mol. The molecule has 1 amide bonds. The number of nitrogens with zero attached hydrogens (tertiary/aromatic N) is 5. The minimum absolute atomic E-state index is 0.0113. The number of rotatable bonds is 3. The van der Waals surface area contributed by atoms with Crippen LogP contribution in [0, 0.1) is 6.92 Å². The van der Waals surface area contributed by atoms with Gasteiger partial charge in [-0.25, -0.2) is 9.97 Å². The maximum atomic E-state index is 13.2. The number of imidazole rings is 1. The van der Waals surface area contributed by atoms with Crippen molar-refractivity contribution in [3.8, 4) is 11.5 Å². The largest absolute Gasteiger partial charge is 0.341 e. The molecule has 3 aromatic heterocycles. The van der Waals surface area contributed by atoms with E-state index in [2.05, 4.69) is 24.9 Å². The van der Waals surface area contributed by atoms with Gasteiger partial charge in [-0.15, -0.1) is 0 Å². The summed E-state index contributed by atoms with van der Waals surface area (Å²) in [4.78, 5) is 36.4. The molecule has 150 valence electrons. The maximum absolute atomic E-state index is 13.2. The van der Waals surface area contributed by atoms with Gasteiger partial charge < -0.3 is 9.88 Å². The fraction of sp³-hybridized carbons (Fsp3) is 0.261. The van der Waals surface area contributed by atoms with E-state index in [1.54, 1.807) is 24.8 Å². The third kappa shape index (κ3) is 3.43. The number of aryl methyl sites for hydroxylation is 1. The fourth-order valence-corrected chi connectivity index (χ4v) is 4.12. The van der Waals surface area contributed by atoms with Crippen LogP contribution in [0.25, 0.3) is 22.4 Å². The molecule has 0 saturated carbocycles. The molecule has 1 atom stereocenters. The van der Waals surface area contributed by atoms with Crippen LogP contribution in [-0.2, 0) is 0 Å². The standard InChI is InChI=1S/C23H22N6O/c1-15-12-27-22(28-15)21-20(24-8-9-25-21)17-6-4-10-29(14-17)23(30)18-11-16-5-2-3-7-19(16)26-13-18/h2-3,5,7-9,11-13,17H,4,6,10,14H2,1H3,(H,27,28)/t17-/m0/s1. The second-order valence-electron chi connectivity index (χ2n) is 7.71. The molecular formula is C23H22N6O. The molecule has 4 heterocycles. The molecular weight excluding hydrogens is 376 g/mol. The second kappa shape index (κ2) is 7.67. The van der Waals surface area contributed by atoms with Crippen LogP contribution in [0.2, 0.25) is 0 Å². The normalized spacial score (nSPS) is 16.7. The first-order chi connectivity index (χ1) is 14.7. The van der Waals surface area contributed by atoms with Crippen molar-refractivity contribution in [3.05, 3.63) is 72.1 Å². The number of aromatic amines is 1. The van der Waals surface area contributed by atoms with E-state index in [9.17, 15) is 4.79 Å². The van der Waals surface area contributed by atoms with Gasteiger partial charge in [0.05, 0.1) is 16.8 Å². The molecule has 0 unspecified atom stereocenters. The van der Waals surface area contributed by atoms with Crippen LogP contribution in [0.1, 0.15) is 40.5 Å². The number of hydrogen-bond acceptors (Lipinski definition) is 5. The number of piperidine rings is 1. The van der Waals surface area contributed by atoms with Gasteiger partial charge in [0.2, 0.25) is 0 Å². The quantitative estimate of drug-likeness (QED) is 0.568. The number of carbonyl (C=O) groups excluding carboxylic acids is 1. The van der Waals surface area contributed by atoms with Gasteiger partial charge in [0.1, 0.15) is 5.69 Å². The number of aromatic nitrogens is 5. The zero-order chi connectivity index (χ0) is 20.5. The lowest BCUT2D eigenvalue weighted by Gasteiger charge is -2.33. The average molecular weight is 398 g/mol. The molecule has 7 nitrogen and oxygen atoms in total. The fourth-order valence-electron chi connectivity index (χ4n) is 4.12. The van der Waals surface area contributed by atoms with Gasteiger partial charge in [0, 0.05) is 54.9 Å². The summed E-state index contributed by atoms with van der Waals surface area (Å²) < 4.78 is 0. The molecule has 1 aliphatic heterocycles. The number of para-hydroxylation sites is 1. The summed E-state index contributed by atoms with van der Waals surface area (Å²) in [5.41, 5.74) is 4.14. The van der Waals surface area contributed by atoms with E-state index in [0.29, 0.717) is 12.1 Å². The summed E-state index contributed by atoms with van der Waals surface area (Å²) in [6.45, 7) is 3.31. The zero-order valence-electron chi connectivity index (χ0n) is 16.7. The lowest BCUT2D eigenvalue weighted by Crippen LogP contribution is -2.39. The topological polar surface area (TPSA) is 87.7 Å². The van der Waals surface area contributed by atoms with Gasteiger partial charge in [-0.2, -0.15) is 0 Å². The van der Waals surface area contributed by atoms with Gasteiger partial charge in [0.25, 0.3) is 5.91 Å². The molecule has 1 aromatic carbocycles. The van der Waals surface area contributed by atoms with Crippen LogP contribution in [0.3, 0.4) is 0 Å². The van der Waals surface area contributed by atoms with E-state index in [0.717, 1.165) is 53.2 Å². The first kappa shape index (κ1) is 18.4. The Bertz CT molecular complexity index is 1220. The number of hydrogen-bond donors (Lipinski definition) is 1. The number of carbonyl (C=O) groups is 1. The van der Waals surface area contributed by atoms with E-state index < -0.39 is 0 Å². The van der Waals surface area contributed by atoms with Crippen molar-refractivity contribution in [2.45, 2.75) is 25.7 Å². The zero-order valence-corrected chi connectivity index (χ0v) is 16.7. The highest BCUT2D eigenvalue weighted by Gasteiger charge is 2.29. The Balaban J connectivity index is 1.42. The Morgan fingerprint density at radius 3 is 2.83 bits per heavy atom. The van der Waals surface area contributed by atoms with Crippen LogP contribution < -0.4 is 0 Å². The number of amides is 1. The van der Waals surface area contributed by atoms with Crippen molar-refractivity contribution in [1.82, 2.24) is 29.8 Å². The average Bonchev–Trinajstić information content (AvgIpc) is 3.24. The molecule has 0 spiro atoms. The Morgan fingerprint density at radius 2 is 1.97 bits per heavy atom. The SMILES string of the molecule is Cc1cnc(-c2nccnc2[C@H]2CCCN(C(=O)c3cnc4ccccc4c3)C2)[nH]1. The van der Waals surface area contributed by atoms with Gasteiger partial charge >= 0.3 is 0 Å². The number of nitrogens with one attached hydrogen (secondary N) is 1. The molecule has 1 fully saturated rings. The molecule has 1 aliphatic rings. The van der Waals surface area contributed by atoms with Crippen LogP contribution in [0.4, 0.5) is 0 Å². The van der Waals surface area contributed by atoms with E-state index >= 15 is 0 Å². The molecule has 7 heteroatoms. The van der Waals surface area contributed by atoms with Crippen molar-refractivity contribution in [1.29, 1.82) is 0 Å². The van der Waals surface area contributed by atoms with Crippen molar-refractivity contribution in [3.63, 3.8) is 0 Å². The number of H-pyrrole nitrogens is 1. The van der Waals surface area contributed by atoms with Gasteiger partial charge in [0.15, 0.2) is 5.82 Å². The molecule has 4 aromatic rings. The minimum atomic E-state index is 0.0113. The Morgan fingerprint density at radius 1 is 1.10 bits per heavy atom. The summed E-state index contributed by atoms with van der Waals surface area (Å²) in [7, 11) is 0. The number of pyridine rings is 1. The molecule has 0 aliphatic carbocycles. The van der Waals surface area contributed by atoms with Gasteiger partial charge in [-0.05, 0) is 31.9 Å². The highest BCUT2D eigenvalue weighted by molar-refractivity contribution is 5.97. The summed E-state index contributed by atoms with van der Waals surface area (Å²) in [5, 5.41) is 0.973. The molecule has 5 rings (SSSR count). The smallest absolute Gasteiger partial charge is 0.255 e. The van der Waals surface area contributed by atoms with Crippen LogP contribution in [0.15, 0.2) is 55.1 Å². The summed E-state index contributed by atoms with van der Waals surface area (Å²) in [6, 6.07) is 9.77. The first-order valence-corrected chi connectivity index (χ1v) is 10.2. The number of fused-ring (bicyclic) bond motifs is 1. The first-order valence-electron chi connectivity index (χ1n) is 10.2. The molecule has 0 bridgehead atoms. The minimum Gasteiger partial charge on any atom is -0.341 e. The Kier molecular flexibility index (Phi) is 4.71. The predicted octanol–water partition coefficient (Wildman–Crippen LogP) is 3.74. The number of likely N-dealkylation sites (tertiary alicyclic amines) is 1. The summed E-state index contributed by atoms with van der Waals surface area (Å²) in [6.07, 6.45) is 8.74. The maximum Gasteiger partial charge on any atom is 0.255 e. The van der Waals surface area contributed by atoms with Crippen LogP contribution in [-0.4, -0.2) is 48.8 Å². The van der Waals surface area contributed by atoms with Crippen molar-refractivity contribution in [2.75, 3.05) is 13.1 Å². The van der Waals surface area contributed by atoms with E-state index in [1.165, 1.54) is 0 Å². The Hall–Kier alpha value is -3.61. The lowest BCUT2D eigenvalue weighted by molar-refractivity contribution is 0.0705. The van der Waals surface area contributed by atoms with Crippen molar-refractivity contribution >= 4 is 16.8 Å². The van der Waals surface area contributed by atoms with Crippen molar-refractivity contribution in [2.24, 2.45) is 0 Å². The van der Waals surface area contributed by atoms with E-state index in [-0.39, 0.29) is 11.8 Å². The summed E-state index contributed by atoms with van der Waals surface area (Å²) >= 11 is 0. The highest BCUT2D eigenvalue weighted by atomic mass is 16.2. The second-order valence-corrected chi connectivity index (χ2v) is 7.71. The van der Waals surface area contributed by atoms with Gasteiger partial charge in [-0.1, -0.05) is 18.2 Å². The van der Waals surface area contributed by atoms with E-state index in [4.69, 9.17) is 0 Å². The van der Waals surface area contributed by atoms with Gasteiger partial charge in [-0.3, -0.25) is 14.8 Å². The van der Waals surface area contributed by atoms with Crippen molar-refractivity contribution < 1.29 is 4.79 Å². The Labute approximate surface area is 174 Å². The van der Waals surface area contributed by atoms with Crippen LogP contribution in [0.5, 0.6) is 0 Å². The van der Waals surface area contributed by atoms with Crippen LogP contribution >= 0.6 is 0 Å². The molecule has 30 heavy (non-hydrogen) atoms. The third-order valence-electron chi connectivity index (χ3n) is 5.59.